The molecule has 2 amide bonds. The minimum atomic E-state index is -4.12. The summed E-state index contributed by atoms with van der Waals surface area (Å²) in [4.78, 5) is 30.0. The van der Waals surface area contributed by atoms with Crippen LogP contribution in [0.2, 0.25) is 0 Å². The molecule has 0 N–H and O–H groups in total. The van der Waals surface area contributed by atoms with Gasteiger partial charge in [-0.2, -0.15) is 8.42 Å². The summed E-state index contributed by atoms with van der Waals surface area (Å²) in [5.74, 6) is -1.15. The maximum Gasteiger partial charge on any atom is 0.339 e. The molecule has 0 saturated carbocycles. The number of rotatable bonds is 7. The van der Waals surface area contributed by atoms with E-state index in [2.05, 4.69) is 0 Å². The fourth-order valence-corrected chi connectivity index (χ4v) is 5.44. The number of hydrogen-bond acceptors (Lipinski definition) is 7. The van der Waals surface area contributed by atoms with E-state index >= 15 is 0 Å². The van der Waals surface area contributed by atoms with Gasteiger partial charge < -0.3 is 8.92 Å². The smallest absolute Gasteiger partial charge is 0.339 e. The summed E-state index contributed by atoms with van der Waals surface area (Å²) in [7, 11) is -2.76. The van der Waals surface area contributed by atoms with Gasteiger partial charge in [-0.05, 0) is 72.4 Å². The highest BCUT2D eigenvalue weighted by Gasteiger charge is 2.41. The highest BCUT2D eigenvalue weighted by molar-refractivity contribution is 7.87. The van der Waals surface area contributed by atoms with E-state index in [0.717, 1.165) is 0 Å². The molecule has 8 nitrogen and oxygen atoms in total. The molecule has 1 aliphatic rings. The Morgan fingerprint density at radius 2 is 1.20 bits per heavy atom. The van der Waals surface area contributed by atoms with Gasteiger partial charge in [0, 0.05) is 0 Å². The average Bonchev–Trinajstić information content (AvgIpc) is 2.97. The second-order valence-electron chi connectivity index (χ2n) is 8.55. The van der Waals surface area contributed by atoms with Crippen molar-refractivity contribution in [2.45, 2.75) is 4.90 Å². The number of benzene rings is 4. The Kier molecular flexibility index (Phi) is 7.45. The number of hydrogen-bond donors (Lipinski definition) is 0. The van der Waals surface area contributed by atoms with Gasteiger partial charge in [0.25, 0.3) is 11.8 Å². The van der Waals surface area contributed by atoms with E-state index < -0.39 is 21.9 Å². The van der Waals surface area contributed by atoms with Crippen molar-refractivity contribution in [3.63, 3.8) is 0 Å². The summed E-state index contributed by atoms with van der Waals surface area (Å²) < 4.78 is 36.2. The van der Waals surface area contributed by atoms with E-state index in [4.69, 9.17) is 21.1 Å². The second kappa shape index (κ2) is 11.1. The molecule has 0 aromatic heterocycles. The molecule has 5 rings (SSSR count). The van der Waals surface area contributed by atoms with Crippen molar-refractivity contribution in [1.29, 1.82) is 0 Å². The first-order chi connectivity index (χ1) is 19.3. The quantitative estimate of drug-likeness (QED) is 0.130. The molecule has 10 heteroatoms. The molecule has 1 aliphatic heterocycles. The zero-order valence-corrected chi connectivity index (χ0v) is 22.8. The van der Waals surface area contributed by atoms with Gasteiger partial charge in [0.2, 0.25) is 0 Å². The Bertz CT molecular complexity index is 1660. The summed E-state index contributed by atoms with van der Waals surface area (Å²) >= 11 is 5.62. The van der Waals surface area contributed by atoms with Crippen LogP contribution in [0.1, 0.15) is 5.56 Å². The molecular formula is C30H22N2O6S2. The van der Waals surface area contributed by atoms with Crippen LogP contribution in [0.4, 0.5) is 11.4 Å². The molecule has 4 aromatic carbocycles. The topological polar surface area (TPSA) is 93.2 Å². The van der Waals surface area contributed by atoms with Crippen molar-refractivity contribution in [3.05, 3.63) is 120 Å². The molecule has 200 valence electrons. The van der Waals surface area contributed by atoms with Crippen molar-refractivity contribution in [2.24, 2.45) is 0 Å². The number of thiocarbonyl (C=S) groups is 1. The van der Waals surface area contributed by atoms with Crippen LogP contribution in [0.25, 0.3) is 6.08 Å². The fourth-order valence-electron chi connectivity index (χ4n) is 4.10. The molecular weight excluding hydrogens is 548 g/mol. The van der Waals surface area contributed by atoms with Gasteiger partial charge in [0.15, 0.2) is 16.6 Å². The number of methoxy groups -OCH3 is 1. The van der Waals surface area contributed by atoms with Crippen molar-refractivity contribution in [3.8, 4) is 11.5 Å². The highest BCUT2D eigenvalue weighted by atomic mass is 32.2. The van der Waals surface area contributed by atoms with Crippen molar-refractivity contribution < 1.29 is 26.9 Å². The lowest BCUT2D eigenvalue weighted by Gasteiger charge is -2.36. The number of carbonyl (C=O) groups is 2. The molecule has 40 heavy (non-hydrogen) atoms. The van der Waals surface area contributed by atoms with E-state index in [1.54, 1.807) is 66.7 Å². The lowest BCUT2D eigenvalue weighted by atomic mass is 10.0. The summed E-state index contributed by atoms with van der Waals surface area (Å²) in [6.45, 7) is 0. The van der Waals surface area contributed by atoms with Crippen LogP contribution in [-0.2, 0) is 19.7 Å². The van der Waals surface area contributed by atoms with Crippen LogP contribution >= 0.6 is 12.2 Å². The summed E-state index contributed by atoms with van der Waals surface area (Å²) in [6.07, 6.45) is 1.41. The first-order valence-corrected chi connectivity index (χ1v) is 13.8. The monoisotopic (exact) mass is 570 g/mol. The molecule has 0 atom stereocenters. The zero-order valence-electron chi connectivity index (χ0n) is 21.1. The number of amides is 2. The molecule has 0 aliphatic carbocycles. The largest absolute Gasteiger partial charge is 0.493 e. The van der Waals surface area contributed by atoms with Crippen molar-refractivity contribution >= 4 is 56.7 Å². The summed E-state index contributed by atoms with van der Waals surface area (Å²) in [5.41, 5.74) is 1.27. The Morgan fingerprint density at radius 1 is 0.700 bits per heavy atom. The second-order valence-corrected chi connectivity index (χ2v) is 10.5. The summed E-state index contributed by atoms with van der Waals surface area (Å²) in [5, 5.41) is 0.0250. The van der Waals surface area contributed by atoms with Crippen LogP contribution in [0.5, 0.6) is 11.5 Å². The Balaban J connectivity index is 1.55. The average molecular weight is 571 g/mol. The fraction of sp³-hybridized carbons (Fsp3) is 0.0333. The lowest BCUT2D eigenvalue weighted by Crippen LogP contribution is -2.56. The molecule has 1 saturated heterocycles. The van der Waals surface area contributed by atoms with Crippen LogP contribution in [0, 0.1) is 0 Å². The number of anilines is 2. The van der Waals surface area contributed by atoms with Gasteiger partial charge in [-0.1, -0.05) is 60.7 Å². The van der Waals surface area contributed by atoms with Crippen LogP contribution in [0.15, 0.2) is 120 Å². The lowest BCUT2D eigenvalue weighted by molar-refractivity contribution is -0.120. The third-order valence-corrected chi connectivity index (χ3v) is 7.62. The third kappa shape index (κ3) is 5.22. The van der Waals surface area contributed by atoms with Crippen LogP contribution in [-0.4, -0.2) is 32.5 Å². The van der Waals surface area contributed by atoms with Gasteiger partial charge >= 0.3 is 10.1 Å². The van der Waals surface area contributed by atoms with Gasteiger partial charge in [0.1, 0.15) is 10.5 Å². The van der Waals surface area contributed by atoms with Crippen molar-refractivity contribution in [2.75, 3.05) is 16.9 Å². The number of nitrogens with zero attached hydrogens (tertiary/aromatic N) is 2. The Morgan fingerprint density at radius 3 is 1.70 bits per heavy atom. The number of ether oxygens (including phenoxy) is 1. The number of para-hydroxylation sites is 2. The van der Waals surface area contributed by atoms with Gasteiger partial charge in [-0.15, -0.1) is 0 Å². The molecule has 0 radical (unpaired) electrons. The van der Waals surface area contributed by atoms with E-state index in [1.165, 1.54) is 53.3 Å². The van der Waals surface area contributed by atoms with Crippen LogP contribution < -0.4 is 18.7 Å². The van der Waals surface area contributed by atoms with E-state index in [-0.39, 0.29) is 27.1 Å². The molecule has 0 spiro atoms. The van der Waals surface area contributed by atoms with Crippen molar-refractivity contribution in [1.82, 2.24) is 0 Å². The maximum atomic E-state index is 13.7. The molecule has 4 aromatic rings. The Labute approximate surface area is 236 Å². The molecule has 1 heterocycles. The summed E-state index contributed by atoms with van der Waals surface area (Å²) in [6, 6.07) is 29.7. The SMILES string of the molecule is COc1cc(C=C2C(=O)N(c3ccccc3)C(=S)N(c3ccccc3)C2=O)ccc1OS(=O)(=O)c1ccccc1. The molecule has 0 bridgehead atoms. The normalized spacial score (nSPS) is 13.8. The standard InChI is InChI=1S/C30H22N2O6S2/c1-37-27-20-21(17-18-26(27)38-40(35,36)24-15-9-4-10-16-24)19-25-28(33)31(22-11-5-2-6-12-22)30(39)32(29(25)34)23-13-7-3-8-14-23/h2-20H,1H3. The maximum absolute atomic E-state index is 13.7. The van der Waals surface area contributed by atoms with E-state index in [9.17, 15) is 18.0 Å². The van der Waals surface area contributed by atoms with Crippen LogP contribution in [0.3, 0.4) is 0 Å². The first kappa shape index (κ1) is 26.8. The predicted octanol–water partition coefficient (Wildman–Crippen LogP) is 5.21. The Hall–Kier alpha value is -4.80. The van der Waals surface area contributed by atoms with Gasteiger partial charge in [-0.25, -0.2) is 0 Å². The van der Waals surface area contributed by atoms with E-state index in [1.807, 2.05) is 12.1 Å². The third-order valence-electron chi connectivity index (χ3n) is 6.01. The van der Waals surface area contributed by atoms with Gasteiger partial charge in [0.05, 0.1) is 18.5 Å². The molecule has 1 fully saturated rings. The minimum Gasteiger partial charge on any atom is -0.493 e. The zero-order chi connectivity index (χ0) is 28.3. The molecule has 0 unspecified atom stereocenters. The van der Waals surface area contributed by atoms with E-state index in [0.29, 0.717) is 16.9 Å². The predicted molar refractivity (Wildman–Crippen MR) is 156 cm³/mol. The minimum absolute atomic E-state index is 0.0142. The number of carbonyl (C=O) groups excluding carboxylic acids is 2. The highest BCUT2D eigenvalue weighted by Crippen LogP contribution is 2.33. The van der Waals surface area contributed by atoms with Gasteiger partial charge in [-0.3, -0.25) is 19.4 Å². The first-order valence-electron chi connectivity index (χ1n) is 12.0.